The molecule has 42 heavy (non-hydrogen) atoms. The zero-order valence-corrected chi connectivity index (χ0v) is 23.9. The first-order chi connectivity index (χ1) is 19.1. The number of carbonyl (C=O) groups is 2. The van der Waals surface area contributed by atoms with Gasteiger partial charge < -0.3 is 14.8 Å². The molecule has 3 rings (SSSR count). The standard InChI is InChI=1S/C24H29F6N5O6S/c1-13-20(14(2)34(33-13)9-8-23(25,26)27)42(38,39)35-12-17(11-31-15(3)36)40-19-7-6-16(10-18(19)35)32-21(37)41-22(4,5)24(28,29)30/h6-7,10,17H,8-9,11-12H2,1-5H3,(H,31,36)(H,32,37)/t17-/m0/s1. The van der Waals surface area contributed by atoms with Crippen molar-refractivity contribution in [2.75, 3.05) is 22.7 Å². The van der Waals surface area contributed by atoms with Gasteiger partial charge in [0.15, 0.2) is 0 Å². The number of amides is 2. The van der Waals surface area contributed by atoms with Gasteiger partial charge in [0.1, 0.15) is 16.7 Å². The Bertz CT molecular complexity index is 1450. The number of nitrogens with one attached hydrogen (secondary N) is 2. The molecule has 11 nitrogen and oxygen atoms in total. The van der Waals surface area contributed by atoms with Crippen LogP contribution in [0.1, 0.15) is 38.6 Å². The third kappa shape index (κ3) is 7.38. The molecule has 0 unspecified atom stereocenters. The molecule has 0 saturated carbocycles. The van der Waals surface area contributed by atoms with Gasteiger partial charge in [-0.25, -0.2) is 13.2 Å². The minimum Gasteiger partial charge on any atom is -0.484 e. The highest BCUT2D eigenvalue weighted by Crippen LogP contribution is 2.40. The molecule has 0 bridgehead atoms. The molecular formula is C24H29F6N5O6S. The van der Waals surface area contributed by atoms with Crippen molar-refractivity contribution < 1.29 is 53.8 Å². The summed E-state index contributed by atoms with van der Waals surface area (Å²) in [6.45, 7) is 4.05. The van der Waals surface area contributed by atoms with Crippen molar-refractivity contribution in [1.82, 2.24) is 15.1 Å². The van der Waals surface area contributed by atoms with Crippen molar-refractivity contribution in [1.29, 1.82) is 0 Å². The summed E-state index contributed by atoms with van der Waals surface area (Å²) in [6.07, 6.45) is -13.0. The van der Waals surface area contributed by atoms with E-state index < -0.39 is 59.0 Å². The molecule has 2 aromatic rings. The summed E-state index contributed by atoms with van der Waals surface area (Å²) in [7, 11) is -4.55. The second-order valence-electron chi connectivity index (χ2n) is 10.0. The van der Waals surface area contributed by atoms with Crippen LogP contribution in [0.4, 0.5) is 42.5 Å². The summed E-state index contributed by atoms with van der Waals surface area (Å²) >= 11 is 0. The molecule has 2 N–H and O–H groups in total. The minimum atomic E-state index is -4.87. The average molecular weight is 630 g/mol. The lowest BCUT2D eigenvalue weighted by Crippen LogP contribution is -2.48. The van der Waals surface area contributed by atoms with Crippen LogP contribution in [0.15, 0.2) is 23.1 Å². The normalized spacial score (nSPS) is 16.0. The van der Waals surface area contributed by atoms with E-state index in [4.69, 9.17) is 4.74 Å². The first-order valence-electron chi connectivity index (χ1n) is 12.4. The van der Waals surface area contributed by atoms with Crippen molar-refractivity contribution in [3.8, 4) is 5.75 Å². The van der Waals surface area contributed by atoms with Gasteiger partial charge in [-0.3, -0.25) is 19.1 Å². The number of ether oxygens (including phenoxy) is 2. The largest absolute Gasteiger partial charge is 0.484 e. The zero-order valence-electron chi connectivity index (χ0n) is 23.1. The highest BCUT2D eigenvalue weighted by atomic mass is 32.2. The average Bonchev–Trinajstić information content (AvgIpc) is 3.12. The molecule has 1 aromatic heterocycles. The van der Waals surface area contributed by atoms with Crippen molar-refractivity contribution >= 4 is 33.4 Å². The highest BCUT2D eigenvalue weighted by Gasteiger charge is 2.51. The highest BCUT2D eigenvalue weighted by molar-refractivity contribution is 7.93. The van der Waals surface area contributed by atoms with Crippen LogP contribution in [0, 0.1) is 13.8 Å². The maximum absolute atomic E-state index is 14.0. The van der Waals surface area contributed by atoms with Crippen LogP contribution in [0.25, 0.3) is 0 Å². The van der Waals surface area contributed by atoms with Crippen molar-refractivity contribution in [2.24, 2.45) is 0 Å². The number of benzene rings is 1. The summed E-state index contributed by atoms with van der Waals surface area (Å²) in [4.78, 5) is 23.3. The number of anilines is 2. The number of hydrogen-bond acceptors (Lipinski definition) is 7. The maximum atomic E-state index is 14.0. The number of nitrogens with zero attached hydrogens (tertiary/aromatic N) is 3. The number of sulfonamides is 1. The maximum Gasteiger partial charge on any atom is 0.427 e. The van der Waals surface area contributed by atoms with E-state index in [9.17, 15) is 44.3 Å². The minimum absolute atomic E-state index is 0.0190. The molecule has 1 aliphatic heterocycles. The van der Waals surface area contributed by atoms with E-state index in [1.165, 1.54) is 32.9 Å². The summed E-state index contributed by atoms with van der Waals surface area (Å²) in [6, 6.07) is 3.62. The lowest BCUT2D eigenvalue weighted by atomic mass is 10.1. The Kier molecular flexibility index (Phi) is 9.00. The molecule has 2 heterocycles. The summed E-state index contributed by atoms with van der Waals surface area (Å²) in [5.41, 5.74) is -3.25. The van der Waals surface area contributed by atoms with Crippen LogP contribution in [0.5, 0.6) is 5.75 Å². The molecule has 0 fully saturated rings. The van der Waals surface area contributed by atoms with Crippen LogP contribution in [0.3, 0.4) is 0 Å². The Labute approximate surface area is 237 Å². The number of carbonyl (C=O) groups excluding carboxylic acids is 2. The Morgan fingerprint density at radius 2 is 1.79 bits per heavy atom. The molecular weight excluding hydrogens is 600 g/mol. The van der Waals surface area contributed by atoms with Crippen molar-refractivity contribution in [2.45, 2.75) is 76.5 Å². The Morgan fingerprint density at radius 3 is 2.36 bits per heavy atom. The third-order valence-corrected chi connectivity index (χ3v) is 8.25. The first kappa shape index (κ1) is 32.8. The van der Waals surface area contributed by atoms with Crippen molar-refractivity contribution in [3.05, 3.63) is 29.6 Å². The van der Waals surface area contributed by atoms with E-state index in [1.54, 1.807) is 0 Å². The Morgan fingerprint density at radius 1 is 1.14 bits per heavy atom. The fraction of sp³-hybridized carbons (Fsp3) is 0.542. The summed E-state index contributed by atoms with van der Waals surface area (Å²) in [5, 5.41) is 8.61. The van der Waals surface area contributed by atoms with Gasteiger partial charge in [-0.05, 0) is 45.9 Å². The van der Waals surface area contributed by atoms with Gasteiger partial charge in [0.2, 0.25) is 11.5 Å². The lowest BCUT2D eigenvalue weighted by molar-refractivity contribution is -0.242. The fourth-order valence-corrected chi connectivity index (χ4v) is 5.91. The number of halogens is 6. The summed E-state index contributed by atoms with van der Waals surface area (Å²) in [5.74, 6) is -0.439. The van der Waals surface area contributed by atoms with Crippen LogP contribution in [-0.4, -0.2) is 67.3 Å². The van der Waals surface area contributed by atoms with Crippen LogP contribution in [0.2, 0.25) is 0 Å². The number of aryl methyl sites for hydroxylation is 2. The quantitative estimate of drug-likeness (QED) is 0.413. The molecule has 18 heteroatoms. The number of fused-ring (bicyclic) bond motifs is 1. The number of alkyl halides is 6. The molecule has 234 valence electrons. The van der Waals surface area contributed by atoms with E-state index in [2.05, 4.69) is 20.5 Å². The lowest BCUT2D eigenvalue weighted by Gasteiger charge is -2.36. The van der Waals surface area contributed by atoms with Gasteiger partial charge in [0.25, 0.3) is 10.0 Å². The zero-order chi connectivity index (χ0) is 31.8. The van der Waals surface area contributed by atoms with E-state index in [-0.39, 0.29) is 46.5 Å². The molecule has 0 saturated heterocycles. The van der Waals surface area contributed by atoms with E-state index in [1.807, 2.05) is 0 Å². The Balaban J connectivity index is 2.01. The predicted octanol–water partition coefficient (Wildman–Crippen LogP) is 4.43. The number of hydrogen-bond donors (Lipinski definition) is 2. The first-order valence-corrected chi connectivity index (χ1v) is 13.8. The van der Waals surface area contributed by atoms with E-state index in [0.29, 0.717) is 13.8 Å². The van der Waals surface area contributed by atoms with Crippen LogP contribution < -0.4 is 19.7 Å². The smallest absolute Gasteiger partial charge is 0.427 e. The monoisotopic (exact) mass is 629 g/mol. The van der Waals surface area contributed by atoms with Gasteiger partial charge in [-0.2, -0.15) is 31.4 Å². The van der Waals surface area contributed by atoms with Gasteiger partial charge in [-0.15, -0.1) is 0 Å². The van der Waals surface area contributed by atoms with Crippen LogP contribution >= 0.6 is 0 Å². The Hall–Kier alpha value is -3.70. The van der Waals surface area contributed by atoms with Crippen molar-refractivity contribution in [3.63, 3.8) is 0 Å². The second kappa shape index (κ2) is 11.5. The van der Waals surface area contributed by atoms with Gasteiger partial charge in [-0.1, -0.05) is 0 Å². The predicted molar refractivity (Wildman–Crippen MR) is 137 cm³/mol. The third-order valence-electron chi connectivity index (χ3n) is 6.22. The van der Waals surface area contributed by atoms with E-state index >= 15 is 0 Å². The molecule has 0 aliphatic carbocycles. The molecule has 1 aliphatic rings. The van der Waals surface area contributed by atoms with Gasteiger partial charge in [0.05, 0.1) is 36.6 Å². The molecule has 1 atom stereocenters. The topological polar surface area (TPSA) is 132 Å². The summed E-state index contributed by atoms with van der Waals surface area (Å²) < 4.78 is 118. The molecule has 0 spiro atoms. The van der Waals surface area contributed by atoms with Crippen LogP contribution in [-0.2, 0) is 26.1 Å². The molecule has 0 radical (unpaired) electrons. The van der Waals surface area contributed by atoms with Gasteiger partial charge in [0, 0.05) is 19.2 Å². The van der Waals surface area contributed by atoms with E-state index in [0.717, 1.165) is 15.1 Å². The number of rotatable bonds is 8. The number of aromatic nitrogens is 2. The molecule has 2 amide bonds. The SMILES string of the molecule is CC(=O)NC[C@H]1CN(S(=O)(=O)c2c(C)nn(CCC(F)(F)F)c2C)c2cc(NC(=O)OC(C)(C)C(F)(F)F)ccc2O1. The molecule has 1 aromatic carbocycles. The fourth-order valence-electron chi connectivity index (χ4n) is 4.03. The van der Waals surface area contributed by atoms with Gasteiger partial charge >= 0.3 is 18.4 Å². The second-order valence-corrected chi connectivity index (χ2v) is 11.8.